The molecule has 0 saturated carbocycles. The van der Waals surface area contributed by atoms with E-state index in [1.165, 1.54) is 12.1 Å². The first-order chi connectivity index (χ1) is 8.47. The Hall–Kier alpha value is -1.19. The number of hydrogen-bond donors (Lipinski definition) is 1. The highest BCUT2D eigenvalue weighted by Crippen LogP contribution is 2.28. The molecule has 0 aliphatic heterocycles. The second kappa shape index (κ2) is 5.21. The van der Waals surface area contributed by atoms with Gasteiger partial charge in [0, 0.05) is 4.47 Å². The van der Waals surface area contributed by atoms with Crippen LogP contribution in [0.4, 0.5) is 4.39 Å². The third-order valence-corrected chi connectivity index (χ3v) is 3.36. The zero-order valence-electron chi connectivity index (χ0n) is 10.2. The molecular formula is C15H14BrFO. The highest BCUT2D eigenvalue weighted by Gasteiger charge is 2.14. The number of aryl methyl sites for hydroxylation is 2. The quantitative estimate of drug-likeness (QED) is 0.877. The molecule has 1 N–H and O–H groups in total. The topological polar surface area (TPSA) is 20.2 Å². The first-order valence-electron chi connectivity index (χ1n) is 5.68. The summed E-state index contributed by atoms with van der Waals surface area (Å²) in [5, 5.41) is 10.4. The molecule has 18 heavy (non-hydrogen) atoms. The molecular weight excluding hydrogens is 295 g/mol. The SMILES string of the molecule is Cc1cc(Br)cc(C(O)c2ccc(F)cc2C)c1. The van der Waals surface area contributed by atoms with Crippen LogP contribution in [-0.2, 0) is 0 Å². The maximum Gasteiger partial charge on any atom is 0.123 e. The number of aliphatic hydroxyl groups excluding tert-OH is 1. The van der Waals surface area contributed by atoms with E-state index in [9.17, 15) is 9.50 Å². The Morgan fingerprint density at radius 3 is 2.44 bits per heavy atom. The molecule has 1 unspecified atom stereocenters. The van der Waals surface area contributed by atoms with E-state index in [1.54, 1.807) is 13.0 Å². The van der Waals surface area contributed by atoms with Crippen LogP contribution >= 0.6 is 15.9 Å². The van der Waals surface area contributed by atoms with Crippen molar-refractivity contribution in [1.29, 1.82) is 0 Å². The molecule has 2 rings (SSSR count). The summed E-state index contributed by atoms with van der Waals surface area (Å²) in [6, 6.07) is 10.2. The molecule has 0 bridgehead atoms. The van der Waals surface area contributed by atoms with Crippen molar-refractivity contribution in [2.45, 2.75) is 20.0 Å². The minimum Gasteiger partial charge on any atom is -0.384 e. The summed E-state index contributed by atoms with van der Waals surface area (Å²) < 4.78 is 14.0. The van der Waals surface area contributed by atoms with E-state index in [0.717, 1.165) is 26.7 Å². The average molecular weight is 309 g/mol. The average Bonchev–Trinajstić information content (AvgIpc) is 2.26. The van der Waals surface area contributed by atoms with Crippen LogP contribution in [0.2, 0.25) is 0 Å². The van der Waals surface area contributed by atoms with Gasteiger partial charge in [-0.2, -0.15) is 0 Å². The van der Waals surface area contributed by atoms with Crippen molar-refractivity contribution >= 4 is 15.9 Å². The monoisotopic (exact) mass is 308 g/mol. The number of hydrogen-bond acceptors (Lipinski definition) is 1. The molecule has 1 nitrogen and oxygen atoms in total. The van der Waals surface area contributed by atoms with Gasteiger partial charge in [-0.15, -0.1) is 0 Å². The summed E-state index contributed by atoms with van der Waals surface area (Å²) in [7, 11) is 0. The van der Waals surface area contributed by atoms with Crippen LogP contribution in [0, 0.1) is 19.7 Å². The Morgan fingerprint density at radius 2 is 1.83 bits per heavy atom. The highest BCUT2D eigenvalue weighted by atomic mass is 79.9. The molecule has 0 aliphatic rings. The summed E-state index contributed by atoms with van der Waals surface area (Å²) in [4.78, 5) is 0. The van der Waals surface area contributed by atoms with E-state index >= 15 is 0 Å². The smallest absolute Gasteiger partial charge is 0.123 e. The van der Waals surface area contributed by atoms with Crippen molar-refractivity contribution in [3.63, 3.8) is 0 Å². The Balaban J connectivity index is 2.44. The molecule has 0 radical (unpaired) electrons. The van der Waals surface area contributed by atoms with Gasteiger partial charge in [0.2, 0.25) is 0 Å². The lowest BCUT2D eigenvalue weighted by molar-refractivity contribution is 0.219. The molecule has 2 aromatic carbocycles. The molecule has 0 heterocycles. The van der Waals surface area contributed by atoms with Crippen LogP contribution in [0.3, 0.4) is 0 Å². The van der Waals surface area contributed by atoms with Gasteiger partial charge in [0.1, 0.15) is 11.9 Å². The molecule has 0 fully saturated rings. The van der Waals surface area contributed by atoms with Crippen molar-refractivity contribution in [2.24, 2.45) is 0 Å². The second-order valence-corrected chi connectivity index (χ2v) is 5.38. The minimum absolute atomic E-state index is 0.283. The standard InChI is InChI=1S/C15H14BrFO/c1-9-5-11(8-12(16)6-9)15(18)14-4-3-13(17)7-10(14)2/h3-8,15,18H,1-2H3. The zero-order chi connectivity index (χ0) is 13.3. The molecule has 0 amide bonds. The second-order valence-electron chi connectivity index (χ2n) is 4.47. The molecule has 2 aromatic rings. The van der Waals surface area contributed by atoms with Crippen LogP contribution in [0.1, 0.15) is 28.4 Å². The number of halogens is 2. The Labute approximate surface area is 114 Å². The predicted octanol–water partition coefficient (Wildman–Crippen LogP) is 4.29. The highest BCUT2D eigenvalue weighted by molar-refractivity contribution is 9.10. The lowest BCUT2D eigenvalue weighted by atomic mass is 9.96. The minimum atomic E-state index is -0.734. The summed E-state index contributed by atoms with van der Waals surface area (Å²) >= 11 is 3.41. The molecule has 0 aromatic heterocycles. The number of rotatable bonds is 2. The maximum atomic E-state index is 13.1. The maximum absolute atomic E-state index is 13.1. The first kappa shape index (κ1) is 13.2. The van der Waals surface area contributed by atoms with Gasteiger partial charge in [-0.05, 0) is 60.4 Å². The summed E-state index contributed by atoms with van der Waals surface area (Å²) in [6.07, 6.45) is -0.734. The van der Waals surface area contributed by atoms with E-state index in [1.807, 2.05) is 25.1 Å². The van der Waals surface area contributed by atoms with Gasteiger partial charge in [-0.1, -0.05) is 28.1 Å². The van der Waals surface area contributed by atoms with E-state index < -0.39 is 6.10 Å². The molecule has 0 spiro atoms. The fourth-order valence-electron chi connectivity index (χ4n) is 2.05. The van der Waals surface area contributed by atoms with Crippen molar-refractivity contribution in [2.75, 3.05) is 0 Å². The number of aliphatic hydroxyl groups is 1. The normalized spacial score (nSPS) is 12.5. The molecule has 1 atom stereocenters. The Morgan fingerprint density at radius 1 is 1.11 bits per heavy atom. The molecule has 0 saturated heterocycles. The van der Waals surface area contributed by atoms with Crippen LogP contribution in [0.15, 0.2) is 40.9 Å². The summed E-state index contributed by atoms with van der Waals surface area (Å²) in [5.74, 6) is -0.283. The van der Waals surface area contributed by atoms with Crippen LogP contribution in [-0.4, -0.2) is 5.11 Å². The van der Waals surface area contributed by atoms with Gasteiger partial charge >= 0.3 is 0 Å². The largest absolute Gasteiger partial charge is 0.384 e. The third-order valence-electron chi connectivity index (χ3n) is 2.91. The lowest BCUT2D eigenvalue weighted by Crippen LogP contribution is -2.03. The molecule has 94 valence electrons. The third kappa shape index (κ3) is 2.79. The van der Waals surface area contributed by atoms with Crippen molar-refractivity contribution in [3.8, 4) is 0 Å². The summed E-state index contributed by atoms with van der Waals surface area (Å²) in [5.41, 5.74) is 3.35. The fraction of sp³-hybridized carbons (Fsp3) is 0.200. The van der Waals surface area contributed by atoms with E-state index in [2.05, 4.69) is 15.9 Å². The molecule has 0 aliphatic carbocycles. The Kier molecular flexibility index (Phi) is 3.83. The van der Waals surface area contributed by atoms with Crippen molar-refractivity contribution in [3.05, 3.63) is 68.9 Å². The lowest BCUT2D eigenvalue weighted by Gasteiger charge is -2.15. The van der Waals surface area contributed by atoms with Crippen LogP contribution in [0.25, 0.3) is 0 Å². The Bertz CT molecular complexity index is 560. The van der Waals surface area contributed by atoms with Crippen LogP contribution < -0.4 is 0 Å². The van der Waals surface area contributed by atoms with Gasteiger partial charge in [0.15, 0.2) is 0 Å². The number of benzene rings is 2. The van der Waals surface area contributed by atoms with Gasteiger partial charge in [-0.3, -0.25) is 0 Å². The van der Waals surface area contributed by atoms with E-state index in [4.69, 9.17) is 0 Å². The van der Waals surface area contributed by atoms with E-state index in [-0.39, 0.29) is 5.82 Å². The zero-order valence-corrected chi connectivity index (χ0v) is 11.8. The first-order valence-corrected chi connectivity index (χ1v) is 6.48. The van der Waals surface area contributed by atoms with Gasteiger partial charge < -0.3 is 5.11 Å². The van der Waals surface area contributed by atoms with E-state index in [0.29, 0.717) is 0 Å². The van der Waals surface area contributed by atoms with Crippen molar-refractivity contribution < 1.29 is 9.50 Å². The van der Waals surface area contributed by atoms with Gasteiger partial charge in [-0.25, -0.2) is 4.39 Å². The van der Waals surface area contributed by atoms with Crippen LogP contribution in [0.5, 0.6) is 0 Å². The fourth-order valence-corrected chi connectivity index (χ4v) is 2.67. The van der Waals surface area contributed by atoms with Gasteiger partial charge in [0.25, 0.3) is 0 Å². The summed E-state index contributed by atoms with van der Waals surface area (Å²) in [6.45, 7) is 3.77. The molecule has 3 heteroatoms. The predicted molar refractivity (Wildman–Crippen MR) is 74.1 cm³/mol. The van der Waals surface area contributed by atoms with Crippen molar-refractivity contribution in [1.82, 2.24) is 0 Å². The van der Waals surface area contributed by atoms with Gasteiger partial charge in [0.05, 0.1) is 0 Å².